The third-order valence-electron chi connectivity index (χ3n) is 4.40. The smallest absolute Gasteiger partial charge is 0.272 e. The Morgan fingerprint density at radius 2 is 2.11 bits per heavy atom. The maximum Gasteiger partial charge on any atom is 0.272 e. The molecule has 0 radical (unpaired) electrons. The van der Waals surface area contributed by atoms with Crippen molar-refractivity contribution in [1.82, 2.24) is 14.5 Å². The molecule has 0 bridgehead atoms. The lowest BCUT2D eigenvalue weighted by Crippen LogP contribution is -2.26. The van der Waals surface area contributed by atoms with Crippen LogP contribution >= 0.6 is 23.1 Å². The van der Waals surface area contributed by atoms with Crippen LogP contribution in [-0.2, 0) is 11.3 Å². The summed E-state index contributed by atoms with van der Waals surface area (Å²) in [6.07, 6.45) is 1.72. The summed E-state index contributed by atoms with van der Waals surface area (Å²) in [5, 5.41) is 5.86. The lowest BCUT2D eigenvalue weighted by molar-refractivity contribution is -0.115. The topological polar surface area (TPSA) is 76.9 Å². The van der Waals surface area contributed by atoms with Gasteiger partial charge in [-0.25, -0.2) is 4.98 Å². The molecule has 1 N–H and O–H groups in total. The largest absolute Gasteiger partial charge is 0.324 e. The Bertz CT molecular complexity index is 1230. The number of pyridine rings is 1. The van der Waals surface area contributed by atoms with Crippen LogP contribution in [0.25, 0.3) is 21.1 Å². The molecular weight excluding hydrogens is 392 g/mol. The number of nitrogens with zero attached hydrogens (tertiary/aromatic N) is 3. The molecule has 0 spiro atoms. The van der Waals surface area contributed by atoms with Gasteiger partial charge in [-0.15, -0.1) is 11.3 Å². The van der Waals surface area contributed by atoms with Gasteiger partial charge in [0, 0.05) is 18.1 Å². The summed E-state index contributed by atoms with van der Waals surface area (Å²) in [6, 6.07) is 11.2. The highest BCUT2D eigenvalue weighted by atomic mass is 32.2. The first-order valence-corrected chi connectivity index (χ1v) is 10.6. The second kappa shape index (κ2) is 7.73. The van der Waals surface area contributed by atoms with Crippen LogP contribution in [0.15, 0.2) is 57.9 Å². The number of fused-ring (bicyclic) bond motifs is 2. The highest BCUT2D eigenvalue weighted by molar-refractivity contribution is 8.00. The molecule has 0 aliphatic heterocycles. The molecule has 6 nitrogen and oxygen atoms in total. The zero-order valence-electron chi connectivity index (χ0n) is 15.4. The first-order valence-electron chi connectivity index (χ1n) is 8.87. The fraction of sp³-hybridized carbons (Fsp3) is 0.200. The maximum atomic E-state index is 12.8. The van der Waals surface area contributed by atoms with Gasteiger partial charge in [-0.3, -0.25) is 19.1 Å². The number of aromatic nitrogens is 3. The Morgan fingerprint density at radius 3 is 2.93 bits per heavy atom. The summed E-state index contributed by atoms with van der Waals surface area (Å²) in [4.78, 5) is 34.3. The molecule has 0 fully saturated rings. The molecule has 0 unspecified atom stereocenters. The molecule has 0 aliphatic rings. The van der Waals surface area contributed by atoms with Crippen molar-refractivity contribution in [1.29, 1.82) is 0 Å². The van der Waals surface area contributed by atoms with Gasteiger partial charge >= 0.3 is 0 Å². The molecule has 4 aromatic rings. The van der Waals surface area contributed by atoms with Gasteiger partial charge in [0.05, 0.1) is 22.0 Å². The number of thiophene rings is 1. The third-order valence-corrected chi connectivity index (χ3v) is 6.38. The summed E-state index contributed by atoms with van der Waals surface area (Å²) in [6.45, 7) is 4.22. The summed E-state index contributed by atoms with van der Waals surface area (Å²) in [5.41, 5.74) is 2.16. The van der Waals surface area contributed by atoms with E-state index >= 15 is 0 Å². The lowest BCUT2D eigenvalue weighted by Gasteiger charge is -2.15. The second-order valence-electron chi connectivity index (χ2n) is 6.20. The van der Waals surface area contributed by atoms with E-state index in [4.69, 9.17) is 0 Å². The second-order valence-corrected chi connectivity index (χ2v) is 8.43. The van der Waals surface area contributed by atoms with Crippen LogP contribution in [0.4, 0.5) is 5.69 Å². The summed E-state index contributed by atoms with van der Waals surface area (Å²) < 4.78 is 2.27. The van der Waals surface area contributed by atoms with Crippen molar-refractivity contribution in [3.05, 3.63) is 58.3 Å². The molecule has 1 amide bonds. The number of carbonyl (C=O) groups is 1. The Balaban J connectivity index is 1.60. The number of rotatable bonds is 5. The molecule has 1 atom stereocenters. The minimum absolute atomic E-state index is 0.0577. The number of hydrogen-bond acceptors (Lipinski definition) is 6. The van der Waals surface area contributed by atoms with E-state index in [0.717, 1.165) is 16.6 Å². The summed E-state index contributed by atoms with van der Waals surface area (Å²) in [5.74, 6) is -0.149. The fourth-order valence-electron chi connectivity index (χ4n) is 2.95. The van der Waals surface area contributed by atoms with Crippen LogP contribution in [0, 0.1) is 0 Å². The molecule has 3 heterocycles. The Labute approximate surface area is 169 Å². The molecule has 4 rings (SSSR count). The zero-order valence-corrected chi connectivity index (χ0v) is 17.0. The van der Waals surface area contributed by atoms with Crippen LogP contribution in [0.3, 0.4) is 0 Å². The van der Waals surface area contributed by atoms with Crippen molar-refractivity contribution < 1.29 is 4.79 Å². The van der Waals surface area contributed by atoms with E-state index < -0.39 is 5.25 Å². The quantitative estimate of drug-likeness (QED) is 0.395. The molecule has 142 valence electrons. The van der Waals surface area contributed by atoms with Gasteiger partial charge in [0.1, 0.15) is 4.70 Å². The summed E-state index contributed by atoms with van der Waals surface area (Å²) >= 11 is 2.68. The van der Waals surface area contributed by atoms with Crippen molar-refractivity contribution in [3.63, 3.8) is 0 Å². The van der Waals surface area contributed by atoms with Crippen LogP contribution in [-0.4, -0.2) is 25.7 Å². The van der Waals surface area contributed by atoms with Crippen LogP contribution in [0.2, 0.25) is 0 Å². The van der Waals surface area contributed by atoms with E-state index in [-0.39, 0.29) is 11.5 Å². The SMILES string of the molecule is CCn1c(S[C@H](C)C(=O)Nc2cccc3ncccc23)nc2ccsc2c1=O. The molecule has 8 heteroatoms. The average molecular weight is 411 g/mol. The lowest BCUT2D eigenvalue weighted by atomic mass is 10.2. The van der Waals surface area contributed by atoms with E-state index in [1.165, 1.54) is 23.1 Å². The van der Waals surface area contributed by atoms with Gasteiger partial charge in [0.15, 0.2) is 5.16 Å². The third kappa shape index (κ3) is 3.41. The highest BCUT2D eigenvalue weighted by Gasteiger charge is 2.20. The Morgan fingerprint density at radius 1 is 1.25 bits per heavy atom. The first kappa shape index (κ1) is 18.6. The summed E-state index contributed by atoms with van der Waals surface area (Å²) in [7, 11) is 0. The van der Waals surface area contributed by atoms with E-state index in [0.29, 0.717) is 21.9 Å². The minimum atomic E-state index is -0.423. The number of carbonyl (C=O) groups excluding carboxylic acids is 1. The normalized spacial score (nSPS) is 12.4. The van der Waals surface area contributed by atoms with E-state index in [9.17, 15) is 9.59 Å². The van der Waals surface area contributed by atoms with Crippen LogP contribution in [0.1, 0.15) is 13.8 Å². The fourth-order valence-corrected chi connectivity index (χ4v) is 4.70. The predicted octanol–water partition coefficient (Wildman–Crippen LogP) is 4.15. The monoisotopic (exact) mass is 410 g/mol. The number of hydrogen-bond donors (Lipinski definition) is 1. The van der Waals surface area contributed by atoms with Gasteiger partial charge in [-0.05, 0) is 49.6 Å². The molecule has 0 saturated carbocycles. The Hall–Kier alpha value is -2.71. The van der Waals surface area contributed by atoms with Crippen molar-refractivity contribution in [3.8, 4) is 0 Å². The number of anilines is 1. The van der Waals surface area contributed by atoms with Crippen LogP contribution in [0.5, 0.6) is 0 Å². The van der Waals surface area contributed by atoms with Crippen molar-refractivity contribution in [2.75, 3.05) is 5.32 Å². The molecular formula is C20H18N4O2S2. The van der Waals surface area contributed by atoms with Gasteiger partial charge in [0.2, 0.25) is 5.91 Å². The number of amides is 1. The molecule has 28 heavy (non-hydrogen) atoms. The number of benzene rings is 1. The van der Waals surface area contributed by atoms with E-state index in [1.54, 1.807) is 10.8 Å². The maximum absolute atomic E-state index is 12.8. The van der Waals surface area contributed by atoms with Gasteiger partial charge in [0.25, 0.3) is 5.56 Å². The zero-order chi connectivity index (χ0) is 19.7. The molecule has 1 aromatic carbocycles. The van der Waals surface area contributed by atoms with Crippen molar-refractivity contribution in [2.24, 2.45) is 0 Å². The van der Waals surface area contributed by atoms with Crippen molar-refractivity contribution in [2.45, 2.75) is 30.8 Å². The molecule has 0 aliphatic carbocycles. The standard InChI is InChI=1S/C20H18N4O2S2/c1-3-24-19(26)17-16(9-11-27-17)23-20(24)28-12(2)18(25)22-15-8-4-7-14-13(15)6-5-10-21-14/h4-12H,3H2,1-2H3,(H,22,25)/t12-/m1/s1. The van der Waals surface area contributed by atoms with E-state index in [1.807, 2.05) is 55.6 Å². The molecule has 0 saturated heterocycles. The average Bonchev–Trinajstić information content (AvgIpc) is 3.17. The molecule has 3 aromatic heterocycles. The van der Waals surface area contributed by atoms with Crippen molar-refractivity contribution >= 4 is 55.8 Å². The predicted molar refractivity (Wildman–Crippen MR) is 115 cm³/mol. The Kier molecular flexibility index (Phi) is 5.15. The van der Waals surface area contributed by atoms with E-state index in [2.05, 4.69) is 15.3 Å². The number of thioether (sulfide) groups is 1. The van der Waals surface area contributed by atoms with Gasteiger partial charge in [-0.1, -0.05) is 17.8 Å². The minimum Gasteiger partial charge on any atom is -0.324 e. The first-order chi connectivity index (χ1) is 13.6. The van der Waals surface area contributed by atoms with Gasteiger partial charge in [-0.2, -0.15) is 0 Å². The highest BCUT2D eigenvalue weighted by Crippen LogP contribution is 2.26. The van der Waals surface area contributed by atoms with Crippen LogP contribution < -0.4 is 10.9 Å². The number of nitrogens with one attached hydrogen (secondary N) is 1. The van der Waals surface area contributed by atoms with Gasteiger partial charge < -0.3 is 5.32 Å².